The molecule has 0 atom stereocenters. The molecule has 0 fully saturated rings. The minimum atomic E-state index is -3.76. The average molecular weight is 443 g/mol. The topological polar surface area (TPSA) is 75.7 Å². The Labute approximate surface area is 180 Å². The number of thiophene rings is 1. The molecule has 4 rings (SSSR count). The number of amides is 1. The lowest BCUT2D eigenvalue weighted by atomic mass is 10.0. The molecule has 2 heterocycles. The lowest BCUT2D eigenvalue weighted by Gasteiger charge is -2.29. The monoisotopic (exact) mass is 442 g/mol. The summed E-state index contributed by atoms with van der Waals surface area (Å²) >= 11 is 1.40. The third kappa shape index (κ3) is 4.20. The van der Waals surface area contributed by atoms with E-state index in [-0.39, 0.29) is 10.8 Å². The molecule has 156 valence electrons. The molecule has 8 heteroatoms. The van der Waals surface area contributed by atoms with E-state index in [1.807, 2.05) is 24.4 Å². The third-order valence-electron chi connectivity index (χ3n) is 4.88. The molecule has 1 aromatic heterocycles. The summed E-state index contributed by atoms with van der Waals surface area (Å²) in [5, 5.41) is 1.87. The lowest BCUT2D eigenvalue weighted by molar-refractivity contribution is 0.0989. The molecule has 3 aromatic rings. The number of benzene rings is 2. The van der Waals surface area contributed by atoms with Gasteiger partial charge in [-0.05, 0) is 73.2 Å². The van der Waals surface area contributed by atoms with Crippen molar-refractivity contribution < 1.29 is 17.9 Å². The van der Waals surface area contributed by atoms with Crippen LogP contribution < -0.4 is 14.4 Å². The maximum atomic E-state index is 12.9. The van der Waals surface area contributed by atoms with Crippen LogP contribution in [0, 0.1) is 0 Å². The average Bonchev–Trinajstić information content (AvgIpc) is 3.28. The Kier molecular flexibility index (Phi) is 5.78. The number of anilines is 2. The molecule has 0 aliphatic carbocycles. The van der Waals surface area contributed by atoms with Gasteiger partial charge < -0.3 is 9.64 Å². The van der Waals surface area contributed by atoms with E-state index in [0.29, 0.717) is 29.5 Å². The van der Waals surface area contributed by atoms with Gasteiger partial charge >= 0.3 is 0 Å². The molecule has 2 aromatic carbocycles. The van der Waals surface area contributed by atoms with Crippen LogP contribution in [0.1, 0.15) is 28.6 Å². The molecule has 30 heavy (non-hydrogen) atoms. The minimum absolute atomic E-state index is 0.0579. The Morgan fingerprint density at radius 3 is 2.67 bits per heavy atom. The van der Waals surface area contributed by atoms with Crippen LogP contribution in [0.3, 0.4) is 0 Å². The van der Waals surface area contributed by atoms with Crippen LogP contribution in [0.15, 0.2) is 64.9 Å². The molecule has 0 bridgehead atoms. The summed E-state index contributed by atoms with van der Waals surface area (Å²) in [6.07, 6.45) is 1.73. The van der Waals surface area contributed by atoms with Crippen LogP contribution in [-0.4, -0.2) is 27.5 Å². The Morgan fingerprint density at radius 2 is 1.97 bits per heavy atom. The van der Waals surface area contributed by atoms with Gasteiger partial charge in [-0.25, -0.2) is 8.42 Å². The number of hydrogen-bond acceptors (Lipinski definition) is 5. The number of hydrogen-bond donors (Lipinski definition) is 1. The second-order valence-corrected chi connectivity index (χ2v) is 9.52. The summed E-state index contributed by atoms with van der Waals surface area (Å²) < 4.78 is 33.6. The van der Waals surface area contributed by atoms with Crippen molar-refractivity contribution in [3.05, 3.63) is 70.4 Å². The number of fused-ring (bicyclic) bond motifs is 1. The molecule has 6 nitrogen and oxygen atoms in total. The number of aryl methyl sites for hydroxylation is 1. The highest BCUT2D eigenvalue weighted by Crippen LogP contribution is 2.32. The van der Waals surface area contributed by atoms with Crippen LogP contribution in [-0.2, 0) is 16.4 Å². The quantitative estimate of drug-likeness (QED) is 0.608. The third-order valence-corrected chi connectivity index (χ3v) is 7.13. The number of nitrogens with zero attached hydrogens (tertiary/aromatic N) is 1. The molecule has 1 amide bonds. The smallest absolute Gasteiger partial charge is 0.268 e. The van der Waals surface area contributed by atoms with Gasteiger partial charge in [-0.2, -0.15) is 0 Å². The van der Waals surface area contributed by atoms with E-state index in [1.165, 1.54) is 23.5 Å². The highest BCUT2D eigenvalue weighted by atomic mass is 32.2. The van der Waals surface area contributed by atoms with Crippen molar-refractivity contribution in [3.63, 3.8) is 0 Å². The van der Waals surface area contributed by atoms with Gasteiger partial charge in [0.25, 0.3) is 15.9 Å². The summed E-state index contributed by atoms with van der Waals surface area (Å²) in [4.78, 5) is 15.5. The van der Waals surface area contributed by atoms with Gasteiger partial charge in [0, 0.05) is 12.2 Å². The highest BCUT2D eigenvalue weighted by Gasteiger charge is 2.25. The molecule has 1 aliphatic rings. The van der Waals surface area contributed by atoms with Gasteiger partial charge in [0.1, 0.15) is 5.75 Å². The second kappa shape index (κ2) is 8.49. The van der Waals surface area contributed by atoms with Crippen LogP contribution in [0.5, 0.6) is 5.75 Å². The first-order valence-electron chi connectivity index (χ1n) is 9.72. The van der Waals surface area contributed by atoms with E-state index in [9.17, 15) is 13.2 Å². The van der Waals surface area contributed by atoms with E-state index in [4.69, 9.17) is 4.74 Å². The molecule has 0 radical (unpaired) electrons. The van der Waals surface area contributed by atoms with Crippen LogP contribution in [0.4, 0.5) is 11.4 Å². The van der Waals surface area contributed by atoms with Crippen molar-refractivity contribution >= 4 is 38.6 Å². The minimum Gasteiger partial charge on any atom is -0.494 e. The SMILES string of the molecule is CCOc1ccc(S(=O)(=O)Nc2ccc3c(c2)N(C(=O)c2cccs2)CCC3)cc1. The van der Waals surface area contributed by atoms with E-state index in [1.54, 1.807) is 35.2 Å². The zero-order valence-electron chi connectivity index (χ0n) is 16.5. The number of ether oxygens (including phenoxy) is 1. The van der Waals surface area contributed by atoms with Crippen LogP contribution in [0.25, 0.3) is 0 Å². The van der Waals surface area contributed by atoms with E-state index >= 15 is 0 Å². The van der Waals surface area contributed by atoms with Crippen molar-refractivity contribution in [1.29, 1.82) is 0 Å². The second-order valence-electron chi connectivity index (χ2n) is 6.89. The van der Waals surface area contributed by atoms with Gasteiger partial charge in [0.05, 0.1) is 22.1 Å². The van der Waals surface area contributed by atoms with Crippen molar-refractivity contribution in [2.75, 3.05) is 22.8 Å². The molecule has 0 saturated heterocycles. The Bertz CT molecular complexity index is 1140. The van der Waals surface area contributed by atoms with E-state index in [0.717, 1.165) is 24.1 Å². The maximum absolute atomic E-state index is 12.9. The summed E-state index contributed by atoms with van der Waals surface area (Å²) in [5.74, 6) is 0.561. The number of sulfonamides is 1. The lowest BCUT2D eigenvalue weighted by Crippen LogP contribution is -2.35. The number of rotatable bonds is 6. The van der Waals surface area contributed by atoms with Crippen molar-refractivity contribution in [2.24, 2.45) is 0 Å². The largest absolute Gasteiger partial charge is 0.494 e. The molecular weight excluding hydrogens is 420 g/mol. The van der Waals surface area contributed by atoms with Crippen molar-refractivity contribution in [2.45, 2.75) is 24.7 Å². The number of carbonyl (C=O) groups is 1. The maximum Gasteiger partial charge on any atom is 0.268 e. The Morgan fingerprint density at radius 1 is 1.17 bits per heavy atom. The highest BCUT2D eigenvalue weighted by molar-refractivity contribution is 7.92. The molecule has 1 aliphatic heterocycles. The van der Waals surface area contributed by atoms with Crippen LogP contribution in [0.2, 0.25) is 0 Å². The number of nitrogens with one attached hydrogen (secondary N) is 1. The van der Waals surface area contributed by atoms with Gasteiger partial charge in [0.15, 0.2) is 0 Å². The van der Waals surface area contributed by atoms with Gasteiger partial charge in [-0.3, -0.25) is 9.52 Å². The predicted octanol–water partition coefficient (Wildman–Crippen LogP) is 4.54. The molecular formula is C22H22N2O4S2. The molecule has 0 spiro atoms. The normalized spacial score (nSPS) is 13.6. The fourth-order valence-electron chi connectivity index (χ4n) is 3.48. The van der Waals surface area contributed by atoms with Crippen molar-refractivity contribution in [1.82, 2.24) is 0 Å². The summed E-state index contributed by atoms with van der Waals surface area (Å²) in [5.41, 5.74) is 2.22. The first-order chi connectivity index (χ1) is 14.5. The Hall–Kier alpha value is -2.84. The molecule has 0 unspecified atom stereocenters. The zero-order valence-corrected chi connectivity index (χ0v) is 18.1. The van der Waals surface area contributed by atoms with Gasteiger partial charge in [0.2, 0.25) is 0 Å². The summed E-state index contributed by atoms with van der Waals surface area (Å²) in [7, 11) is -3.76. The fraction of sp³-hybridized carbons (Fsp3) is 0.227. The first-order valence-corrected chi connectivity index (χ1v) is 12.1. The first kappa shape index (κ1) is 20.4. The summed E-state index contributed by atoms with van der Waals surface area (Å²) in [6, 6.07) is 15.3. The van der Waals surface area contributed by atoms with Crippen molar-refractivity contribution in [3.8, 4) is 5.75 Å². The van der Waals surface area contributed by atoms with Crippen LogP contribution >= 0.6 is 11.3 Å². The summed E-state index contributed by atoms with van der Waals surface area (Å²) in [6.45, 7) is 2.99. The van der Waals surface area contributed by atoms with E-state index in [2.05, 4.69) is 4.72 Å². The Balaban J connectivity index is 1.60. The zero-order chi connectivity index (χ0) is 21.1. The van der Waals surface area contributed by atoms with Gasteiger partial charge in [-0.1, -0.05) is 12.1 Å². The predicted molar refractivity (Wildman–Crippen MR) is 119 cm³/mol. The molecule has 0 saturated carbocycles. The molecule has 1 N–H and O–H groups in total. The van der Waals surface area contributed by atoms with Gasteiger partial charge in [-0.15, -0.1) is 11.3 Å². The van der Waals surface area contributed by atoms with E-state index < -0.39 is 10.0 Å². The fourth-order valence-corrected chi connectivity index (χ4v) is 5.20. The standard InChI is InChI=1S/C22H22N2O4S2/c1-2-28-18-9-11-19(12-10-18)30(26,27)23-17-8-7-16-5-3-13-24(20(16)15-17)22(25)21-6-4-14-29-21/h4,6-12,14-15,23H,2-3,5,13H2,1H3. The number of carbonyl (C=O) groups excluding carboxylic acids is 1.